The van der Waals surface area contributed by atoms with Gasteiger partial charge >= 0.3 is 6.18 Å². The standard InChI is InChI=1S/C11H12F3NO3/c1-18-9-5-7(11(12,13)14)4-8(6-9)15-3-2-10(16)17/h4-6,15H,2-3H2,1H3,(H,16,17)/p-1. The fourth-order valence-corrected chi connectivity index (χ4v) is 1.29. The van der Waals surface area contributed by atoms with Gasteiger partial charge in [-0.05, 0) is 12.1 Å². The second-order valence-corrected chi connectivity index (χ2v) is 3.50. The first-order valence-electron chi connectivity index (χ1n) is 5.03. The van der Waals surface area contributed by atoms with Gasteiger partial charge in [-0.25, -0.2) is 0 Å². The van der Waals surface area contributed by atoms with E-state index in [0.29, 0.717) is 0 Å². The molecule has 1 N–H and O–H groups in total. The lowest BCUT2D eigenvalue weighted by molar-refractivity contribution is -0.305. The Morgan fingerprint density at radius 1 is 1.39 bits per heavy atom. The SMILES string of the molecule is COc1cc(NCCC(=O)[O-])cc(C(F)(F)F)c1. The maximum Gasteiger partial charge on any atom is 0.416 e. The lowest BCUT2D eigenvalue weighted by Crippen LogP contribution is -2.24. The molecule has 0 aromatic heterocycles. The number of anilines is 1. The number of carboxylic acids is 1. The van der Waals surface area contributed by atoms with Crippen LogP contribution in [-0.4, -0.2) is 19.6 Å². The molecule has 0 aliphatic heterocycles. The van der Waals surface area contributed by atoms with Gasteiger partial charge < -0.3 is 20.0 Å². The summed E-state index contributed by atoms with van der Waals surface area (Å²) in [5.74, 6) is -1.23. The number of aliphatic carboxylic acids is 1. The molecule has 0 spiro atoms. The molecule has 0 unspecified atom stereocenters. The van der Waals surface area contributed by atoms with E-state index in [9.17, 15) is 23.1 Å². The summed E-state index contributed by atoms with van der Waals surface area (Å²) in [6.07, 6.45) is -4.78. The minimum absolute atomic E-state index is 0.0210. The number of hydrogen-bond donors (Lipinski definition) is 1. The van der Waals surface area contributed by atoms with Crippen molar-refractivity contribution >= 4 is 11.7 Å². The van der Waals surface area contributed by atoms with E-state index in [0.717, 1.165) is 12.1 Å². The van der Waals surface area contributed by atoms with Gasteiger partial charge in [0, 0.05) is 30.7 Å². The topological polar surface area (TPSA) is 61.4 Å². The molecule has 0 bridgehead atoms. The van der Waals surface area contributed by atoms with E-state index in [-0.39, 0.29) is 24.4 Å². The van der Waals surface area contributed by atoms with Gasteiger partial charge in [0.25, 0.3) is 0 Å². The molecule has 100 valence electrons. The minimum Gasteiger partial charge on any atom is -0.550 e. The fraction of sp³-hybridized carbons (Fsp3) is 0.364. The fourth-order valence-electron chi connectivity index (χ4n) is 1.29. The van der Waals surface area contributed by atoms with Gasteiger partial charge in [0.15, 0.2) is 0 Å². The molecule has 1 aromatic carbocycles. The number of carbonyl (C=O) groups excluding carboxylic acids is 1. The van der Waals surface area contributed by atoms with Gasteiger partial charge in [0.2, 0.25) is 0 Å². The summed E-state index contributed by atoms with van der Waals surface area (Å²) in [6, 6.07) is 3.10. The third-order valence-corrected chi connectivity index (χ3v) is 2.13. The summed E-state index contributed by atoms with van der Waals surface area (Å²) in [6.45, 7) is -0.0210. The molecule has 0 atom stereocenters. The summed E-state index contributed by atoms with van der Waals surface area (Å²) < 4.78 is 42.4. The van der Waals surface area contributed by atoms with Crippen molar-refractivity contribution in [3.63, 3.8) is 0 Å². The van der Waals surface area contributed by atoms with E-state index in [2.05, 4.69) is 5.32 Å². The van der Waals surface area contributed by atoms with Gasteiger partial charge in [-0.15, -0.1) is 0 Å². The van der Waals surface area contributed by atoms with Crippen LogP contribution in [0.2, 0.25) is 0 Å². The van der Waals surface area contributed by atoms with E-state index >= 15 is 0 Å². The first-order chi connectivity index (χ1) is 8.32. The van der Waals surface area contributed by atoms with E-state index in [1.54, 1.807) is 0 Å². The van der Waals surface area contributed by atoms with Crippen LogP contribution in [0.15, 0.2) is 18.2 Å². The molecule has 0 amide bonds. The normalized spacial score (nSPS) is 11.1. The average Bonchev–Trinajstić information content (AvgIpc) is 2.27. The summed E-state index contributed by atoms with van der Waals surface area (Å²) in [5.41, 5.74) is -0.722. The van der Waals surface area contributed by atoms with E-state index in [1.807, 2.05) is 0 Å². The van der Waals surface area contributed by atoms with E-state index in [4.69, 9.17) is 4.74 Å². The van der Waals surface area contributed by atoms with Crippen molar-refractivity contribution in [2.24, 2.45) is 0 Å². The number of rotatable bonds is 5. The van der Waals surface area contributed by atoms with Crippen molar-refractivity contribution in [3.05, 3.63) is 23.8 Å². The Kier molecular flexibility index (Phi) is 4.41. The first-order valence-corrected chi connectivity index (χ1v) is 5.03. The highest BCUT2D eigenvalue weighted by Gasteiger charge is 2.31. The Bertz CT molecular complexity index is 432. The number of ether oxygens (including phenoxy) is 1. The van der Waals surface area contributed by atoms with Gasteiger partial charge in [0.05, 0.1) is 12.7 Å². The smallest absolute Gasteiger partial charge is 0.416 e. The van der Waals surface area contributed by atoms with Gasteiger partial charge in [0.1, 0.15) is 5.75 Å². The Morgan fingerprint density at radius 3 is 2.56 bits per heavy atom. The lowest BCUT2D eigenvalue weighted by atomic mass is 10.1. The number of carboxylic acid groups (broad SMARTS) is 1. The van der Waals surface area contributed by atoms with Crippen molar-refractivity contribution in [1.82, 2.24) is 0 Å². The molecule has 4 nitrogen and oxygen atoms in total. The molecule has 1 rings (SSSR count). The Morgan fingerprint density at radius 2 is 2.06 bits per heavy atom. The Balaban J connectivity index is 2.87. The van der Waals surface area contributed by atoms with Crippen LogP contribution in [0.5, 0.6) is 5.75 Å². The highest BCUT2D eigenvalue weighted by molar-refractivity contribution is 5.65. The molecule has 0 aliphatic carbocycles. The third kappa shape index (κ3) is 4.15. The molecule has 0 radical (unpaired) electrons. The van der Waals surface area contributed by atoms with Crippen molar-refractivity contribution in [1.29, 1.82) is 0 Å². The summed E-state index contributed by atoms with van der Waals surface area (Å²) in [4.78, 5) is 10.2. The molecule has 1 aromatic rings. The second kappa shape index (κ2) is 5.61. The number of nitrogens with one attached hydrogen (secondary N) is 1. The van der Waals surface area contributed by atoms with Crippen LogP contribution in [0.3, 0.4) is 0 Å². The van der Waals surface area contributed by atoms with Crippen molar-refractivity contribution in [2.45, 2.75) is 12.6 Å². The predicted molar refractivity (Wildman–Crippen MR) is 56.1 cm³/mol. The summed E-state index contributed by atoms with van der Waals surface area (Å²) in [7, 11) is 1.25. The zero-order valence-electron chi connectivity index (χ0n) is 9.50. The molecule has 18 heavy (non-hydrogen) atoms. The molecular weight excluding hydrogens is 251 g/mol. The highest BCUT2D eigenvalue weighted by Crippen LogP contribution is 2.34. The maximum atomic E-state index is 12.5. The number of benzene rings is 1. The number of methoxy groups -OCH3 is 1. The first kappa shape index (κ1) is 14.1. The molecular formula is C11H11F3NO3-. The molecule has 0 aliphatic rings. The minimum atomic E-state index is -4.49. The zero-order chi connectivity index (χ0) is 13.8. The summed E-state index contributed by atoms with van der Waals surface area (Å²) in [5, 5.41) is 12.7. The maximum absolute atomic E-state index is 12.5. The Labute approximate surface area is 101 Å². The molecule has 0 fully saturated rings. The van der Waals surface area contributed by atoms with Gasteiger partial charge in [-0.3, -0.25) is 0 Å². The van der Waals surface area contributed by atoms with Crippen LogP contribution in [0.4, 0.5) is 18.9 Å². The molecule has 0 saturated heterocycles. The number of hydrogen-bond acceptors (Lipinski definition) is 4. The molecule has 0 heterocycles. The quantitative estimate of drug-likeness (QED) is 0.868. The van der Waals surface area contributed by atoms with Crippen LogP contribution in [-0.2, 0) is 11.0 Å². The number of alkyl halides is 3. The van der Waals surface area contributed by atoms with Crippen molar-refractivity contribution < 1.29 is 27.8 Å². The van der Waals surface area contributed by atoms with Gasteiger partial charge in [-0.1, -0.05) is 0 Å². The molecule has 7 heteroatoms. The van der Waals surface area contributed by atoms with E-state index < -0.39 is 17.7 Å². The summed E-state index contributed by atoms with van der Waals surface area (Å²) >= 11 is 0. The van der Waals surface area contributed by atoms with E-state index in [1.165, 1.54) is 13.2 Å². The lowest BCUT2D eigenvalue weighted by Gasteiger charge is -2.13. The van der Waals surface area contributed by atoms with Crippen LogP contribution in [0.1, 0.15) is 12.0 Å². The van der Waals surface area contributed by atoms with Crippen molar-refractivity contribution in [2.75, 3.05) is 19.0 Å². The van der Waals surface area contributed by atoms with Crippen LogP contribution in [0, 0.1) is 0 Å². The zero-order valence-corrected chi connectivity index (χ0v) is 9.50. The van der Waals surface area contributed by atoms with Crippen LogP contribution in [0.25, 0.3) is 0 Å². The van der Waals surface area contributed by atoms with Crippen LogP contribution < -0.4 is 15.2 Å². The second-order valence-electron chi connectivity index (χ2n) is 3.50. The number of halogens is 3. The highest BCUT2D eigenvalue weighted by atomic mass is 19.4. The van der Waals surface area contributed by atoms with Crippen molar-refractivity contribution in [3.8, 4) is 5.75 Å². The number of carbonyl (C=O) groups is 1. The largest absolute Gasteiger partial charge is 0.550 e. The van der Waals surface area contributed by atoms with Gasteiger partial charge in [-0.2, -0.15) is 13.2 Å². The Hall–Kier alpha value is -1.92. The predicted octanol–water partition coefficient (Wildman–Crippen LogP) is 1.27. The average molecular weight is 262 g/mol. The third-order valence-electron chi connectivity index (χ3n) is 2.13. The molecule has 0 saturated carbocycles. The van der Waals surface area contributed by atoms with Crippen LogP contribution >= 0.6 is 0 Å². The monoisotopic (exact) mass is 262 g/mol.